The first-order valence-electron chi connectivity index (χ1n) is 5.26. The van der Waals surface area contributed by atoms with Gasteiger partial charge < -0.3 is 9.05 Å². The molecule has 0 amide bonds. The maximum absolute atomic E-state index is 5.19. The number of benzene rings is 1. The molecule has 84 valence electrons. The number of rotatable bonds is 7. The minimum Gasteiger partial charge on any atom is -0.337 e. The molecule has 3 heteroatoms. The van der Waals surface area contributed by atoms with E-state index in [0.717, 1.165) is 12.6 Å². The Hall–Kier alpha value is -0.430. The second-order valence-electron chi connectivity index (χ2n) is 3.36. The SMILES string of the molecule is COP(CCCCc1ccccc1)OC. The van der Waals surface area contributed by atoms with Crippen LogP contribution in [0.2, 0.25) is 0 Å². The fourth-order valence-electron chi connectivity index (χ4n) is 1.47. The molecule has 0 bridgehead atoms. The summed E-state index contributed by atoms with van der Waals surface area (Å²) >= 11 is 0. The third-order valence-corrected chi connectivity index (χ3v) is 3.80. The van der Waals surface area contributed by atoms with Crippen LogP contribution in [0.25, 0.3) is 0 Å². The third kappa shape index (κ3) is 5.27. The van der Waals surface area contributed by atoms with Gasteiger partial charge in [-0.05, 0) is 24.8 Å². The average molecular weight is 226 g/mol. The highest BCUT2D eigenvalue weighted by Gasteiger charge is 2.04. The van der Waals surface area contributed by atoms with Crippen LogP contribution < -0.4 is 0 Å². The van der Waals surface area contributed by atoms with Crippen molar-refractivity contribution >= 4 is 8.38 Å². The Morgan fingerprint density at radius 1 is 1.00 bits per heavy atom. The van der Waals surface area contributed by atoms with Crippen LogP contribution in [-0.2, 0) is 15.5 Å². The molecule has 1 aromatic rings. The van der Waals surface area contributed by atoms with E-state index in [-0.39, 0.29) is 0 Å². The molecule has 1 aromatic carbocycles. The zero-order chi connectivity index (χ0) is 10.9. The quantitative estimate of drug-likeness (QED) is 0.522. The van der Waals surface area contributed by atoms with E-state index in [1.807, 2.05) is 0 Å². The lowest BCUT2D eigenvalue weighted by Crippen LogP contribution is -1.91. The zero-order valence-corrected chi connectivity index (χ0v) is 10.4. The Morgan fingerprint density at radius 3 is 2.27 bits per heavy atom. The first-order chi connectivity index (χ1) is 7.36. The summed E-state index contributed by atoms with van der Waals surface area (Å²) in [5.74, 6) is 0. The predicted molar refractivity (Wildman–Crippen MR) is 65.2 cm³/mol. The maximum Gasteiger partial charge on any atom is 0.169 e. The van der Waals surface area contributed by atoms with E-state index < -0.39 is 8.38 Å². The van der Waals surface area contributed by atoms with Gasteiger partial charge in [0.15, 0.2) is 8.38 Å². The van der Waals surface area contributed by atoms with Crippen molar-refractivity contribution in [1.82, 2.24) is 0 Å². The number of hydrogen-bond acceptors (Lipinski definition) is 2. The second-order valence-corrected chi connectivity index (χ2v) is 5.21. The van der Waals surface area contributed by atoms with Gasteiger partial charge in [-0.15, -0.1) is 0 Å². The Morgan fingerprint density at radius 2 is 1.67 bits per heavy atom. The van der Waals surface area contributed by atoms with Crippen LogP contribution in [0.4, 0.5) is 0 Å². The molecule has 0 heterocycles. The lowest BCUT2D eigenvalue weighted by molar-refractivity contribution is 0.339. The summed E-state index contributed by atoms with van der Waals surface area (Å²) in [6, 6.07) is 10.6. The molecule has 0 N–H and O–H groups in total. The van der Waals surface area contributed by atoms with E-state index in [0.29, 0.717) is 0 Å². The first-order valence-corrected chi connectivity index (χ1v) is 6.62. The van der Waals surface area contributed by atoms with Crippen molar-refractivity contribution < 1.29 is 9.05 Å². The molecule has 1 rings (SSSR count). The molecular weight excluding hydrogens is 207 g/mol. The molecule has 0 aliphatic rings. The topological polar surface area (TPSA) is 18.5 Å². The molecule has 0 saturated carbocycles. The molecule has 2 nitrogen and oxygen atoms in total. The summed E-state index contributed by atoms with van der Waals surface area (Å²) in [4.78, 5) is 0. The standard InChI is InChI=1S/C12H19O2P/c1-13-15(14-2)11-7-6-10-12-8-4-3-5-9-12/h3-5,8-9H,6-7,10-11H2,1-2H3. The highest BCUT2D eigenvalue weighted by molar-refractivity contribution is 7.47. The van der Waals surface area contributed by atoms with Gasteiger partial charge in [0.2, 0.25) is 0 Å². The Kier molecular flexibility index (Phi) is 6.58. The van der Waals surface area contributed by atoms with E-state index >= 15 is 0 Å². The fourth-order valence-corrected chi connectivity index (χ4v) is 2.47. The summed E-state index contributed by atoms with van der Waals surface area (Å²) in [6.45, 7) is 0. The van der Waals surface area contributed by atoms with Gasteiger partial charge in [-0.3, -0.25) is 0 Å². The van der Waals surface area contributed by atoms with Crippen LogP contribution in [0.5, 0.6) is 0 Å². The van der Waals surface area contributed by atoms with E-state index in [2.05, 4.69) is 30.3 Å². The van der Waals surface area contributed by atoms with E-state index in [1.165, 1.54) is 18.4 Å². The van der Waals surface area contributed by atoms with Gasteiger partial charge in [-0.2, -0.15) is 0 Å². The van der Waals surface area contributed by atoms with Crippen molar-refractivity contribution in [1.29, 1.82) is 0 Å². The van der Waals surface area contributed by atoms with Crippen LogP contribution in [0.3, 0.4) is 0 Å². The van der Waals surface area contributed by atoms with Gasteiger partial charge in [-0.1, -0.05) is 30.3 Å². The summed E-state index contributed by atoms with van der Waals surface area (Å²) in [5, 5.41) is 0. The third-order valence-electron chi connectivity index (χ3n) is 2.31. The van der Waals surface area contributed by atoms with Gasteiger partial charge in [-0.25, -0.2) is 0 Å². The van der Waals surface area contributed by atoms with Gasteiger partial charge in [0, 0.05) is 20.4 Å². The summed E-state index contributed by atoms with van der Waals surface area (Å²) in [7, 11) is 2.79. The molecule has 0 radical (unpaired) electrons. The number of hydrogen-bond donors (Lipinski definition) is 0. The van der Waals surface area contributed by atoms with Crippen LogP contribution in [0.1, 0.15) is 18.4 Å². The van der Waals surface area contributed by atoms with Crippen LogP contribution in [0, 0.1) is 0 Å². The Bertz CT molecular complexity index is 247. The Balaban J connectivity index is 2.12. The lowest BCUT2D eigenvalue weighted by atomic mass is 10.1. The first kappa shape index (κ1) is 12.6. The van der Waals surface area contributed by atoms with Crippen molar-refractivity contribution in [2.45, 2.75) is 19.3 Å². The molecule has 0 spiro atoms. The smallest absolute Gasteiger partial charge is 0.169 e. The van der Waals surface area contributed by atoms with Gasteiger partial charge in [0.1, 0.15) is 0 Å². The fraction of sp³-hybridized carbons (Fsp3) is 0.500. The molecule has 0 aromatic heterocycles. The minimum absolute atomic E-state index is 0.637. The molecule has 0 aliphatic carbocycles. The number of unbranched alkanes of at least 4 members (excludes halogenated alkanes) is 1. The van der Waals surface area contributed by atoms with E-state index in [4.69, 9.17) is 9.05 Å². The highest BCUT2D eigenvalue weighted by atomic mass is 31.2. The van der Waals surface area contributed by atoms with Crippen LogP contribution in [0.15, 0.2) is 30.3 Å². The monoisotopic (exact) mass is 226 g/mol. The van der Waals surface area contributed by atoms with Gasteiger partial charge in [0.05, 0.1) is 0 Å². The highest BCUT2D eigenvalue weighted by Crippen LogP contribution is 2.36. The summed E-state index contributed by atoms with van der Waals surface area (Å²) in [6.07, 6.45) is 4.56. The Labute approximate surface area is 93.5 Å². The average Bonchev–Trinajstić information content (AvgIpc) is 2.31. The van der Waals surface area contributed by atoms with Crippen molar-refractivity contribution in [2.24, 2.45) is 0 Å². The zero-order valence-electron chi connectivity index (χ0n) is 9.48. The molecule has 0 fully saturated rings. The second kappa shape index (κ2) is 7.81. The minimum atomic E-state index is -0.637. The summed E-state index contributed by atoms with van der Waals surface area (Å²) in [5.41, 5.74) is 1.41. The molecular formula is C12H19O2P. The summed E-state index contributed by atoms with van der Waals surface area (Å²) < 4.78 is 10.4. The van der Waals surface area contributed by atoms with Crippen molar-refractivity contribution in [3.63, 3.8) is 0 Å². The molecule has 15 heavy (non-hydrogen) atoms. The van der Waals surface area contributed by atoms with Crippen LogP contribution in [-0.4, -0.2) is 20.4 Å². The van der Waals surface area contributed by atoms with Gasteiger partial charge in [0.25, 0.3) is 0 Å². The molecule has 0 aliphatic heterocycles. The molecule has 0 atom stereocenters. The normalized spacial score (nSPS) is 10.9. The van der Waals surface area contributed by atoms with Crippen molar-refractivity contribution in [3.8, 4) is 0 Å². The molecule has 0 saturated heterocycles. The predicted octanol–water partition coefficient (Wildman–Crippen LogP) is 3.61. The van der Waals surface area contributed by atoms with Gasteiger partial charge >= 0.3 is 0 Å². The molecule has 0 unspecified atom stereocenters. The van der Waals surface area contributed by atoms with E-state index in [9.17, 15) is 0 Å². The maximum atomic E-state index is 5.19. The number of aryl methyl sites for hydroxylation is 1. The van der Waals surface area contributed by atoms with Crippen molar-refractivity contribution in [3.05, 3.63) is 35.9 Å². The van der Waals surface area contributed by atoms with E-state index in [1.54, 1.807) is 14.2 Å². The van der Waals surface area contributed by atoms with Crippen molar-refractivity contribution in [2.75, 3.05) is 20.4 Å². The largest absolute Gasteiger partial charge is 0.337 e. The van der Waals surface area contributed by atoms with Crippen LogP contribution >= 0.6 is 8.38 Å². The lowest BCUT2D eigenvalue weighted by Gasteiger charge is -2.11.